The van der Waals surface area contributed by atoms with Gasteiger partial charge in [0.25, 0.3) is 0 Å². The standard InChI is InChI=1S/C19H21NO4/c1-2-22-15-10-6-7-11-16(15)24-19(14-8-4-3-5-9-14)17-12-20-18(21)13-23-17/h3-11,17,19H,2,12-13H2,1H3,(H,20,21). The molecule has 5 nitrogen and oxygen atoms in total. The highest BCUT2D eigenvalue weighted by molar-refractivity contribution is 5.77. The molecule has 3 rings (SSSR count). The number of hydrogen-bond acceptors (Lipinski definition) is 4. The molecule has 1 aliphatic rings. The van der Waals surface area contributed by atoms with Crippen molar-refractivity contribution in [3.05, 3.63) is 60.2 Å². The van der Waals surface area contributed by atoms with Crippen LogP contribution in [0.2, 0.25) is 0 Å². The summed E-state index contributed by atoms with van der Waals surface area (Å²) >= 11 is 0. The summed E-state index contributed by atoms with van der Waals surface area (Å²) in [4.78, 5) is 11.4. The largest absolute Gasteiger partial charge is 0.490 e. The highest BCUT2D eigenvalue weighted by Crippen LogP contribution is 2.33. The van der Waals surface area contributed by atoms with E-state index < -0.39 is 0 Å². The minimum atomic E-state index is -0.339. The molecule has 24 heavy (non-hydrogen) atoms. The van der Waals surface area contributed by atoms with Crippen LogP contribution in [-0.2, 0) is 9.53 Å². The third-order valence-electron chi connectivity index (χ3n) is 3.80. The lowest BCUT2D eigenvalue weighted by atomic mass is 10.0. The van der Waals surface area contributed by atoms with Gasteiger partial charge in [-0.3, -0.25) is 4.79 Å². The van der Waals surface area contributed by atoms with Crippen molar-refractivity contribution in [2.24, 2.45) is 0 Å². The lowest BCUT2D eigenvalue weighted by Gasteiger charge is -2.31. The van der Waals surface area contributed by atoms with Gasteiger partial charge < -0.3 is 19.5 Å². The minimum absolute atomic E-state index is 0.0461. The van der Waals surface area contributed by atoms with Crippen molar-refractivity contribution in [1.82, 2.24) is 5.32 Å². The number of carbonyl (C=O) groups excluding carboxylic acids is 1. The molecule has 126 valence electrons. The van der Waals surface area contributed by atoms with Crippen molar-refractivity contribution >= 4 is 5.91 Å². The van der Waals surface area contributed by atoms with Gasteiger partial charge in [0.05, 0.1) is 6.61 Å². The van der Waals surface area contributed by atoms with E-state index in [4.69, 9.17) is 14.2 Å². The molecule has 2 atom stereocenters. The zero-order valence-corrected chi connectivity index (χ0v) is 13.6. The van der Waals surface area contributed by atoms with E-state index in [0.29, 0.717) is 24.7 Å². The lowest BCUT2D eigenvalue weighted by Crippen LogP contribution is -2.46. The Kier molecular flexibility index (Phi) is 5.33. The third kappa shape index (κ3) is 3.86. The van der Waals surface area contributed by atoms with Crippen LogP contribution in [0.15, 0.2) is 54.6 Å². The van der Waals surface area contributed by atoms with Crippen LogP contribution in [-0.4, -0.2) is 31.8 Å². The summed E-state index contributed by atoms with van der Waals surface area (Å²) in [5, 5.41) is 2.83. The average molecular weight is 327 g/mol. The number of benzene rings is 2. The van der Waals surface area contributed by atoms with Gasteiger partial charge in [0.1, 0.15) is 12.7 Å². The van der Waals surface area contributed by atoms with Crippen LogP contribution in [0.4, 0.5) is 0 Å². The topological polar surface area (TPSA) is 56.8 Å². The Bertz CT molecular complexity index is 664. The van der Waals surface area contributed by atoms with E-state index in [0.717, 1.165) is 5.56 Å². The molecular formula is C19H21NO4. The lowest BCUT2D eigenvalue weighted by molar-refractivity contribution is -0.137. The molecule has 5 heteroatoms. The molecule has 0 aromatic heterocycles. The van der Waals surface area contributed by atoms with E-state index in [1.54, 1.807) is 0 Å². The summed E-state index contributed by atoms with van der Waals surface area (Å²) in [6, 6.07) is 17.4. The van der Waals surface area contributed by atoms with Crippen molar-refractivity contribution in [3.63, 3.8) is 0 Å². The summed E-state index contributed by atoms with van der Waals surface area (Å²) < 4.78 is 17.6. The maximum absolute atomic E-state index is 11.4. The molecule has 0 saturated carbocycles. The number of ether oxygens (including phenoxy) is 3. The van der Waals surface area contributed by atoms with Crippen LogP contribution in [0.3, 0.4) is 0 Å². The third-order valence-corrected chi connectivity index (χ3v) is 3.80. The normalized spacial score (nSPS) is 18.5. The first-order valence-electron chi connectivity index (χ1n) is 8.09. The van der Waals surface area contributed by atoms with Gasteiger partial charge >= 0.3 is 0 Å². The van der Waals surface area contributed by atoms with Gasteiger partial charge in [-0.15, -0.1) is 0 Å². The molecular weight excluding hydrogens is 306 g/mol. The van der Waals surface area contributed by atoms with Crippen molar-refractivity contribution in [1.29, 1.82) is 0 Å². The molecule has 0 aliphatic carbocycles. The fourth-order valence-corrected chi connectivity index (χ4v) is 2.66. The van der Waals surface area contributed by atoms with Gasteiger partial charge in [0.15, 0.2) is 17.6 Å². The molecule has 1 N–H and O–H groups in total. The Morgan fingerprint density at radius 1 is 1.12 bits per heavy atom. The number of morpholine rings is 1. The van der Waals surface area contributed by atoms with Crippen molar-refractivity contribution < 1.29 is 19.0 Å². The number of carbonyl (C=O) groups is 1. The molecule has 0 spiro atoms. The van der Waals surface area contributed by atoms with Crippen molar-refractivity contribution in [2.45, 2.75) is 19.1 Å². The zero-order chi connectivity index (χ0) is 16.8. The van der Waals surface area contributed by atoms with Crippen LogP contribution in [0.1, 0.15) is 18.6 Å². The summed E-state index contributed by atoms with van der Waals surface area (Å²) in [5.74, 6) is 1.25. The Morgan fingerprint density at radius 2 is 1.83 bits per heavy atom. The fraction of sp³-hybridized carbons (Fsp3) is 0.316. The molecule has 2 aromatic rings. The number of amides is 1. The Balaban J connectivity index is 1.86. The summed E-state index contributed by atoms with van der Waals surface area (Å²) in [6.07, 6.45) is -0.604. The summed E-state index contributed by atoms with van der Waals surface area (Å²) in [5.41, 5.74) is 0.991. The maximum Gasteiger partial charge on any atom is 0.246 e. The van der Waals surface area contributed by atoms with E-state index in [1.165, 1.54) is 0 Å². The van der Waals surface area contributed by atoms with Gasteiger partial charge in [0, 0.05) is 6.54 Å². The Morgan fingerprint density at radius 3 is 2.50 bits per heavy atom. The summed E-state index contributed by atoms with van der Waals surface area (Å²) in [6.45, 7) is 2.96. The first kappa shape index (κ1) is 16.3. The van der Waals surface area contributed by atoms with Gasteiger partial charge in [-0.2, -0.15) is 0 Å². The molecule has 1 saturated heterocycles. The number of rotatable bonds is 6. The molecule has 1 heterocycles. The highest BCUT2D eigenvalue weighted by atomic mass is 16.6. The predicted octanol–water partition coefficient (Wildman–Crippen LogP) is 2.72. The molecule has 1 amide bonds. The minimum Gasteiger partial charge on any atom is -0.490 e. The second kappa shape index (κ2) is 7.84. The number of nitrogens with one attached hydrogen (secondary N) is 1. The van der Waals surface area contributed by atoms with E-state index in [-0.39, 0.29) is 24.7 Å². The summed E-state index contributed by atoms with van der Waals surface area (Å²) in [7, 11) is 0. The van der Waals surface area contributed by atoms with E-state index in [1.807, 2.05) is 61.5 Å². The van der Waals surface area contributed by atoms with E-state index in [9.17, 15) is 4.79 Å². The van der Waals surface area contributed by atoms with Crippen LogP contribution in [0, 0.1) is 0 Å². The van der Waals surface area contributed by atoms with Crippen molar-refractivity contribution in [2.75, 3.05) is 19.8 Å². The van der Waals surface area contributed by atoms with Gasteiger partial charge in [-0.1, -0.05) is 42.5 Å². The van der Waals surface area contributed by atoms with Gasteiger partial charge in [-0.25, -0.2) is 0 Å². The first-order valence-corrected chi connectivity index (χ1v) is 8.09. The first-order chi connectivity index (χ1) is 11.8. The van der Waals surface area contributed by atoms with E-state index in [2.05, 4.69) is 5.32 Å². The fourth-order valence-electron chi connectivity index (χ4n) is 2.66. The van der Waals surface area contributed by atoms with Crippen LogP contribution < -0.4 is 14.8 Å². The Hall–Kier alpha value is -2.53. The van der Waals surface area contributed by atoms with Gasteiger partial charge in [-0.05, 0) is 24.6 Å². The van der Waals surface area contributed by atoms with Crippen LogP contribution >= 0.6 is 0 Å². The maximum atomic E-state index is 11.4. The number of hydrogen-bond donors (Lipinski definition) is 1. The van der Waals surface area contributed by atoms with Crippen LogP contribution in [0.5, 0.6) is 11.5 Å². The molecule has 2 unspecified atom stereocenters. The second-order valence-corrected chi connectivity index (χ2v) is 5.48. The molecule has 0 bridgehead atoms. The molecule has 2 aromatic carbocycles. The van der Waals surface area contributed by atoms with Gasteiger partial charge in [0.2, 0.25) is 5.91 Å². The Labute approximate surface area is 141 Å². The molecule has 1 aliphatic heterocycles. The quantitative estimate of drug-likeness (QED) is 0.886. The van der Waals surface area contributed by atoms with Crippen LogP contribution in [0.25, 0.3) is 0 Å². The number of para-hydroxylation sites is 2. The molecule has 1 fully saturated rings. The highest BCUT2D eigenvalue weighted by Gasteiger charge is 2.30. The molecule has 0 radical (unpaired) electrons. The SMILES string of the molecule is CCOc1ccccc1OC(c1ccccc1)C1CNC(=O)CO1. The smallest absolute Gasteiger partial charge is 0.246 e. The predicted molar refractivity (Wildman–Crippen MR) is 90.2 cm³/mol. The average Bonchev–Trinajstić information content (AvgIpc) is 2.63. The van der Waals surface area contributed by atoms with E-state index >= 15 is 0 Å². The van der Waals surface area contributed by atoms with Crippen molar-refractivity contribution in [3.8, 4) is 11.5 Å². The zero-order valence-electron chi connectivity index (χ0n) is 13.6. The second-order valence-electron chi connectivity index (χ2n) is 5.48. The monoisotopic (exact) mass is 327 g/mol.